The lowest BCUT2D eigenvalue weighted by Crippen LogP contribution is -2.30. The van der Waals surface area contributed by atoms with Gasteiger partial charge in [0, 0.05) is 19.3 Å². The molecule has 6 heteroatoms. The lowest BCUT2D eigenvalue weighted by atomic mass is 10.0. The van der Waals surface area contributed by atoms with Gasteiger partial charge in [-0.15, -0.1) is 0 Å². The van der Waals surface area contributed by atoms with Gasteiger partial charge in [0.2, 0.25) is 0 Å². The number of ether oxygens (including phenoxy) is 3. The van der Waals surface area contributed by atoms with Crippen molar-refractivity contribution in [2.75, 3.05) is 13.2 Å². The molecular weight excluding hydrogens is 889 g/mol. The lowest BCUT2D eigenvalue weighted by Gasteiger charge is -2.18. The van der Waals surface area contributed by atoms with Gasteiger partial charge in [0.15, 0.2) is 6.10 Å². The molecule has 0 aromatic rings. The molecule has 0 aromatic carbocycles. The molecule has 0 rings (SSSR count). The fourth-order valence-electron chi connectivity index (χ4n) is 9.27. The van der Waals surface area contributed by atoms with Crippen molar-refractivity contribution in [3.8, 4) is 0 Å². The Labute approximate surface area is 448 Å². The first-order valence-corrected chi connectivity index (χ1v) is 31.6. The van der Waals surface area contributed by atoms with E-state index in [1.165, 1.54) is 218 Å². The maximum absolute atomic E-state index is 12.8. The fourth-order valence-corrected chi connectivity index (χ4v) is 9.27. The average molecular weight is 1010 g/mol. The quantitative estimate of drug-likeness (QED) is 0.0261. The van der Waals surface area contributed by atoms with E-state index in [0.29, 0.717) is 19.3 Å². The largest absolute Gasteiger partial charge is 0.462 e. The summed E-state index contributed by atoms with van der Waals surface area (Å²) in [6.45, 7) is 6.61. The van der Waals surface area contributed by atoms with E-state index in [1.54, 1.807) is 0 Å². The van der Waals surface area contributed by atoms with E-state index in [2.05, 4.69) is 69.4 Å². The highest BCUT2D eigenvalue weighted by Crippen LogP contribution is 2.17. The lowest BCUT2D eigenvalue weighted by molar-refractivity contribution is -0.167. The van der Waals surface area contributed by atoms with Gasteiger partial charge in [-0.1, -0.05) is 281 Å². The topological polar surface area (TPSA) is 78.9 Å². The second-order valence-electron chi connectivity index (χ2n) is 21.3. The molecule has 1 unspecified atom stereocenters. The predicted octanol–water partition coefficient (Wildman–Crippen LogP) is 21.4. The molecule has 0 radical (unpaired) electrons. The van der Waals surface area contributed by atoms with Gasteiger partial charge in [0.05, 0.1) is 0 Å². The molecule has 0 fully saturated rings. The van der Waals surface area contributed by atoms with Crippen molar-refractivity contribution >= 4 is 17.9 Å². The molecule has 0 heterocycles. The van der Waals surface area contributed by atoms with Crippen LogP contribution in [0.4, 0.5) is 0 Å². The normalized spacial score (nSPS) is 12.3. The van der Waals surface area contributed by atoms with Crippen LogP contribution in [-0.4, -0.2) is 37.2 Å². The summed E-state index contributed by atoms with van der Waals surface area (Å²) in [6, 6.07) is 0. The Bertz CT molecular complexity index is 1250. The Morgan fingerprint density at radius 2 is 0.500 bits per heavy atom. The summed E-state index contributed by atoms with van der Waals surface area (Å²) in [6.07, 6.45) is 75.7. The summed E-state index contributed by atoms with van der Waals surface area (Å²) in [5.41, 5.74) is 0. The number of allylic oxidation sites excluding steroid dienone is 8. The SMILES string of the molecule is CCCCC/C=C\C/C=C\C/C=C\CCCCCCCCC(=O)OC(COC(=O)CCCCCCCCCC)COC(=O)CCCCCCCCCCCCCCCCC/C=C\CCCCCCCCCC. The molecule has 0 saturated heterocycles. The molecule has 0 amide bonds. The zero-order valence-electron chi connectivity index (χ0n) is 48.2. The zero-order valence-corrected chi connectivity index (χ0v) is 48.2. The van der Waals surface area contributed by atoms with Crippen molar-refractivity contribution in [3.63, 3.8) is 0 Å². The summed E-state index contributed by atoms with van der Waals surface area (Å²) in [5.74, 6) is -0.876. The molecule has 0 saturated carbocycles. The highest BCUT2D eigenvalue weighted by atomic mass is 16.6. The van der Waals surface area contributed by atoms with Crippen molar-refractivity contribution in [1.29, 1.82) is 0 Å². The van der Waals surface area contributed by atoms with Crippen LogP contribution in [0.25, 0.3) is 0 Å². The van der Waals surface area contributed by atoms with E-state index in [4.69, 9.17) is 14.2 Å². The van der Waals surface area contributed by atoms with Gasteiger partial charge in [-0.25, -0.2) is 0 Å². The Morgan fingerprint density at radius 3 is 0.819 bits per heavy atom. The van der Waals surface area contributed by atoms with Gasteiger partial charge in [-0.05, 0) is 83.5 Å². The number of unbranched alkanes of at least 4 members (excludes halogenated alkanes) is 39. The molecule has 0 aliphatic carbocycles. The number of hydrogen-bond donors (Lipinski definition) is 0. The third kappa shape index (κ3) is 58.3. The summed E-state index contributed by atoms with van der Waals surface area (Å²) in [7, 11) is 0. The number of rotatable bonds is 58. The smallest absolute Gasteiger partial charge is 0.306 e. The van der Waals surface area contributed by atoms with Crippen LogP contribution < -0.4 is 0 Å². The second-order valence-corrected chi connectivity index (χ2v) is 21.3. The molecule has 0 N–H and O–H groups in total. The first-order chi connectivity index (χ1) is 35.5. The molecule has 1 atom stereocenters. The molecule has 72 heavy (non-hydrogen) atoms. The van der Waals surface area contributed by atoms with E-state index in [0.717, 1.165) is 77.0 Å². The van der Waals surface area contributed by atoms with E-state index in [-0.39, 0.29) is 31.1 Å². The Morgan fingerprint density at radius 1 is 0.278 bits per heavy atom. The van der Waals surface area contributed by atoms with Gasteiger partial charge in [-0.3, -0.25) is 14.4 Å². The third-order valence-corrected chi connectivity index (χ3v) is 14.1. The molecule has 0 aliphatic heterocycles. The van der Waals surface area contributed by atoms with Crippen molar-refractivity contribution in [1.82, 2.24) is 0 Å². The highest BCUT2D eigenvalue weighted by Gasteiger charge is 2.19. The number of carbonyl (C=O) groups is 3. The van der Waals surface area contributed by atoms with E-state index in [1.807, 2.05) is 0 Å². The Hall–Kier alpha value is -2.63. The first-order valence-electron chi connectivity index (χ1n) is 31.6. The second kappa shape index (κ2) is 60.9. The minimum absolute atomic E-state index is 0.0752. The van der Waals surface area contributed by atoms with Crippen LogP contribution in [0.3, 0.4) is 0 Å². The minimum atomic E-state index is -0.777. The zero-order chi connectivity index (χ0) is 52.2. The molecule has 0 bridgehead atoms. The summed E-state index contributed by atoms with van der Waals surface area (Å²) in [4.78, 5) is 38.1. The molecule has 6 nitrogen and oxygen atoms in total. The maximum Gasteiger partial charge on any atom is 0.306 e. The van der Waals surface area contributed by atoms with Crippen LogP contribution in [-0.2, 0) is 28.6 Å². The fraction of sp³-hybridized carbons (Fsp3) is 0.833. The van der Waals surface area contributed by atoms with Crippen LogP contribution >= 0.6 is 0 Å². The van der Waals surface area contributed by atoms with Crippen molar-refractivity contribution in [2.24, 2.45) is 0 Å². The Balaban J connectivity index is 4.13. The van der Waals surface area contributed by atoms with E-state index >= 15 is 0 Å². The average Bonchev–Trinajstić information content (AvgIpc) is 3.38. The van der Waals surface area contributed by atoms with Gasteiger partial charge < -0.3 is 14.2 Å². The van der Waals surface area contributed by atoms with Crippen molar-refractivity contribution in [3.05, 3.63) is 48.6 Å². The minimum Gasteiger partial charge on any atom is -0.462 e. The van der Waals surface area contributed by atoms with Crippen LogP contribution in [0.1, 0.15) is 335 Å². The number of hydrogen-bond acceptors (Lipinski definition) is 6. The van der Waals surface area contributed by atoms with Gasteiger partial charge >= 0.3 is 17.9 Å². The van der Waals surface area contributed by atoms with Crippen LogP contribution in [0.2, 0.25) is 0 Å². The van der Waals surface area contributed by atoms with E-state index < -0.39 is 6.10 Å². The monoisotopic (exact) mass is 1010 g/mol. The molecule has 420 valence electrons. The third-order valence-electron chi connectivity index (χ3n) is 14.1. The van der Waals surface area contributed by atoms with Gasteiger partial charge in [-0.2, -0.15) is 0 Å². The molecule has 0 aliphatic rings. The first kappa shape index (κ1) is 69.4. The van der Waals surface area contributed by atoms with Gasteiger partial charge in [0.1, 0.15) is 13.2 Å². The molecular formula is C66H120O6. The molecule has 0 aromatic heterocycles. The number of esters is 3. The van der Waals surface area contributed by atoms with Crippen LogP contribution in [0.15, 0.2) is 48.6 Å². The molecule has 0 spiro atoms. The maximum atomic E-state index is 12.8. The van der Waals surface area contributed by atoms with E-state index in [9.17, 15) is 14.4 Å². The highest BCUT2D eigenvalue weighted by molar-refractivity contribution is 5.71. The van der Waals surface area contributed by atoms with Crippen molar-refractivity contribution in [2.45, 2.75) is 341 Å². The summed E-state index contributed by atoms with van der Waals surface area (Å²) >= 11 is 0. The Kier molecular flexibility index (Phi) is 58.7. The standard InChI is InChI=1S/C66H120O6/c1-4-7-10-13-16-19-21-23-25-27-29-30-31-32-33-34-35-36-38-39-41-43-45-47-50-53-56-59-65(68)71-62-63(61-70-64(67)58-55-52-49-18-15-12-9-6-3)72-66(69)60-57-54-51-48-46-44-42-40-37-28-26-24-22-20-17-14-11-8-5-2/h17,20,24,26-27,29,37,40,63H,4-16,18-19,21-23,25,28,30-36,38-39,41-62H2,1-3H3/b20-17-,26-24-,29-27-,40-37-. The van der Waals surface area contributed by atoms with Crippen LogP contribution in [0.5, 0.6) is 0 Å². The van der Waals surface area contributed by atoms with Crippen LogP contribution in [0, 0.1) is 0 Å². The predicted molar refractivity (Wildman–Crippen MR) is 312 cm³/mol. The summed E-state index contributed by atoms with van der Waals surface area (Å²) < 4.78 is 16.8. The summed E-state index contributed by atoms with van der Waals surface area (Å²) in [5, 5.41) is 0. The van der Waals surface area contributed by atoms with Crippen molar-refractivity contribution < 1.29 is 28.6 Å². The number of carbonyl (C=O) groups excluding carboxylic acids is 3. The van der Waals surface area contributed by atoms with Gasteiger partial charge in [0.25, 0.3) is 0 Å².